The number of rotatable bonds is 7. The average molecular weight is 692 g/mol. The van der Waals surface area contributed by atoms with Crippen molar-refractivity contribution in [2.45, 2.75) is 50.9 Å². The Hall–Kier alpha value is -4.42. The molecule has 0 spiro atoms. The Bertz CT molecular complexity index is 2110. The summed E-state index contributed by atoms with van der Waals surface area (Å²) in [5.74, 6) is -0.721. The van der Waals surface area contributed by atoms with Crippen molar-refractivity contribution >= 4 is 60.6 Å². The van der Waals surface area contributed by atoms with Crippen LogP contribution in [-0.4, -0.2) is 69.8 Å². The molecule has 48 heavy (non-hydrogen) atoms. The van der Waals surface area contributed by atoms with Crippen molar-refractivity contribution < 1.29 is 18.3 Å². The van der Waals surface area contributed by atoms with Gasteiger partial charge < -0.3 is 25.8 Å². The van der Waals surface area contributed by atoms with Crippen molar-refractivity contribution in [3.05, 3.63) is 58.5 Å². The first-order valence-electron chi connectivity index (χ1n) is 15.5. The molecule has 5 heterocycles. The van der Waals surface area contributed by atoms with E-state index in [4.69, 9.17) is 37.5 Å². The van der Waals surface area contributed by atoms with E-state index in [0.29, 0.717) is 41.8 Å². The van der Waals surface area contributed by atoms with Gasteiger partial charge in [0.05, 0.1) is 34.0 Å². The number of nitrogens with zero attached hydrogens (tertiary/aromatic N) is 7. The van der Waals surface area contributed by atoms with Crippen molar-refractivity contribution in [1.29, 1.82) is 5.26 Å². The lowest BCUT2D eigenvalue weighted by Gasteiger charge is -2.37. The van der Waals surface area contributed by atoms with E-state index < -0.39 is 17.7 Å². The molecule has 248 valence electrons. The van der Waals surface area contributed by atoms with Gasteiger partial charge in [-0.15, -0.1) is 11.3 Å². The maximum absolute atomic E-state index is 17.0. The Labute approximate surface area is 284 Å². The van der Waals surface area contributed by atoms with Gasteiger partial charge in [0, 0.05) is 53.8 Å². The summed E-state index contributed by atoms with van der Waals surface area (Å²) in [6.45, 7) is 5.72. The second-order valence-electron chi connectivity index (χ2n) is 12.2. The number of morpholine rings is 1. The van der Waals surface area contributed by atoms with Gasteiger partial charge in [-0.2, -0.15) is 15.2 Å². The van der Waals surface area contributed by atoms with E-state index in [1.54, 1.807) is 24.2 Å². The van der Waals surface area contributed by atoms with Crippen LogP contribution in [0.4, 0.5) is 25.4 Å². The highest BCUT2D eigenvalue weighted by molar-refractivity contribution is 7.23. The van der Waals surface area contributed by atoms with Crippen LogP contribution in [0.1, 0.15) is 43.9 Å². The molecule has 2 fully saturated rings. The van der Waals surface area contributed by atoms with Crippen LogP contribution in [0.15, 0.2) is 30.7 Å². The normalized spacial score (nSPS) is 20.1. The average Bonchev–Trinajstić information content (AvgIpc) is 3.64. The van der Waals surface area contributed by atoms with Gasteiger partial charge in [-0.1, -0.05) is 17.7 Å². The fraction of sp³-hybridized carbons (Fsp3) is 0.364. The summed E-state index contributed by atoms with van der Waals surface area (Å²) >= 11 is 7.76. The highest BCUT2D eigenvalue weighted by atomic mass is 35.5. The number of halogens is 3. The third-order valence-corrected chi connectivity index (χ3v) is 10.7. The lowest BCUT2D eigenvalue weighted by Crippen LogP contribution is -2.49. The minimum atomic E-state index is -0.779. The van der Waals surface area contributed by atoms with E-state index in [-0.39, 0.29) is 60.5 Å². The first-order valence-corrected chi connectivity index (χ1v) is 16.7. The molecule has 0 unspecified atom stereocenters. The molecule has 0 radical (unpaired) electrons. The maximum atomic E-state index is 17.0. The van der Waals surface area contributed by atoms with Crippen molar-refractivity contribution in [2.24, 2.45) is 0 Å². The first kappa shape index (κ1) is 32.1. The molecule has 2 saturated heterocycles. The topological polar surface area (TPSA) is 152 Å². The van der Waals surface area contributed by atoms with Gasteiger partial charge in [-0.3, -0.25) is 4.90 Å². The van der Waals surface area contributed by atoms with Gasteiger partial charge in [0.25, 0.3) is 0 Å². The molecule has 3 aromatic heterocycles. The highest BCUT2D eigenvalue weighted by Crippen LogP contribution is 2.46. The molecule has 2 aromatic carbocycles. The predicted molar refractivity (Wildman–Crippen MR) is 182 cm³/mol. The summed E-state index contributed by atoms with van der Waals surface area (Å²) in [4.78, 5) is 21.8. The third-order valence-electron chi connectivity index (χ3n) is 9.40. The van der Waals surface area contributed by atoms with E-state index in [9.17, 15) is 9.65 Å². The number of thiophene rings is 1. The fourth-order valence-electron chi connectivity index (χ4n) is 6.78. The van der Waals surface area contributed by atoms with Crippen LogP contribution in [0.25, 0.3) is 32.1 Å². The van der Waals surface area contributed by atoms with Gasteiger partial charge in [0.1, 0.15) is 47.0 Å². The van der Waals surface area contributed by atoms with Gasteiger partial charge >= 0.3 is 6.01 Å². The third kappa shape index (κ3) is 5.40. The largest absolute Gasteiger partial charge is 0.462 e. The quantitative estimate of drug-likeness (QED) is 0.204. The Balaban J connectivity index is 1.37. The molecule has 4 atom stereocenters. The zero-order valence-electron chi connectivity index (χ0n) is 26.4. The number of nitriles is 1. The molecule has 7 rings (SSSR count). The second-order valence-corrected chi connectivity index (χ2v) is 13.7. The zero-order chi connectivity index (χ0) is 33.9. The van der Waals surface area contributed by atoms with E-state index in [0.717, 1.165) is 30.7 Å². The monoisotopic (exact) mass is 691 g/mol. The van der Waals surface area contributed by atoms with Gasteiger partial charge in [0.2, 0.25) is 0 Å². The molecular formula is C33H32ClF2N9O2S. The van der Waals surface area contributed by atoms with Crippen LogP contribution in [0.5, 0.6) is 6.01 Å². The van der Waals surface area contributed by atoms with Crippen LogP contribution in [-0.2, 0) is 4.74 Å². The number of benzene rings is 2. The van der Waals surface area contributed by atoms with Gasteiger partial charge in [-0.25, -0.2) is 18.7 Å². The summed E-state index contributed by atoms with van der Waals surface area (Å²) in [6, 6.07) is 6.23. The molecule has 15 heteroatoms. The number of nitrogens with two attached hydrogens (primary N) is 2. The Morgan fingerprint density at radius 2 is 2.08 bits per heavy atom. The molecule has 2 aliphatic rings. The molecule has 0 aliphatic carbocycles. The molecule has 0 saturated carbocycles. The standard InChI is InChI=1S/C33H32ClF2N9O2S/c1-15-11-45-17(12-46-15)4-5-18(45)13-47-33-42-28-20(32(43-33)44(3)16(2)22-10-40-14-41-30(22)38)8-23(34)26(27(28)36)19-6-7-24(35)29-25(19)21(9-37)31(39)48-29/h6-8,10,14-18H,4-5,11-13,39H2,1-3H3,(H2,38,40,41)/t15-,16+,17+,18-/m0/s1. The molecule has 4 N–H and O–H groups in total. The Morgan fingerprint density at radius 3 is 2.85 bits per heavy atom. The molecule has 5 aromatic rings. The summed E-state index contributed by atoms with van der Waals surface area (Å²) in [5, 5.41) is 10.5. The van der Waals surface area contributed by atoms with Crippen LogP contribution < -0.4 is 21.1 Å². The number of fused-ring (bicyclic) bond motifs is 3. The number of nitrogen functional groups attached to an aromatic ring is 2. The number of ether oxygens (including phenoxy) is 2. The van der Waals surface area contributed by atoms with Crippen molar-refractivity contribution in [2.75, 3.05) is 43.2 Å². The van der Waals surface area contributed by atoms with E-state index in [1.165, 1.54) is 18.5 Å². The smallest absolute Gasteiger partial charge is 0.319 e. The molecule has 2 aliphatic heterocycles. The lowest BCUT2D eigenvalue weighted by molar-refractivity contribution is -0.0556. The van der Waals surface area contributed by atoms with Crippen molar-refractivity contribution in [3.63, 3.8) is 0 Å². The summed E-state index contributed by atoms with van der Waals surface area (Å²) in [7, 11) is 1.79. The first-order chi connectivity index (χ1) is 23.1. The van der Waals surface area contributed by atoms with Crippen LogP contribution in [0.2, 0.25) is 5.02 Å². The number of hydrogen-bond acceptors (Lipinski definition) is 12. The van der Waals surface area contributed by atoms with E-state index in [2.05, 4.69) is 26.8 Å². The Morgan fingerprint density at radius 1 is 1.27 bits per heavy atom. The maximum Gasteiger partial charge on any atom is 0.319 e. The lowest BCUT2D eigenvalue weighted by atomic mass is 9.97. The van der Waals surface area contributed by atoms with Gasteiger partial charge in [0.15, 0.2) is 5.82 Å². The zero-order valence-corrected chi connectivity index (χ0v) is 27.9. The minimum absolute atomic E-state index is 0.0159. The van der Waals surface area contributed by atoms with Crippen molar-refractivity contribution in [3.8, 4) is 23.2 Å². The fourth-order valence-corrected chi connectivity index (χ4v) is 8.02. The number of aromatic nitrogens is 4. The van der Waals surface area contributed by atoms with Gasteiger partial charge in [-0.05, 0) is 44.4 Å². The van der Waals surface area contributed by atoms with Crippen LogP contribution in [0, 0.1) is 23.0 Å². The summed E-state index contributed by atoms with van der Waals surface area (Å²) in [5.41, 5.74) is 13.1. The highest BCUT2D eigenvalue weighted by Gasteiger charge is 2.38. The molecule has 0 amide bonds. The molecular weight excluding hydrogens is 660 g/mol. The Kier molecular flexibility index (Phi) is 8.41. The minimum Gasteiger partial charge on any atom is -0.462 e. The van der Waals surface area contributed by atoms with Crippen molar-refractivity contribution in [1.82, 2.24) is 24.8 Å². The summed E-state index contributed by atoms with van der Waals surface area (Å²) < 4.78 is 44.1. The molecule has 11 nitrogen and oxygen atoms in total. The molecule has 0 bridgehead atoms. The summed E-state index contributed by atoms with van der Waals surface area (Å²) in [6.07, 6.45) is 5.01. The number of anilines is 3. The predicted octanol–water partition coefficient (Wildman–Crippen LogP) is 6.10. The number of hydrogen-bond donors (Lipinski definition) is 2. The van der Waals surface area contributed by atoms with Crippen LogP contribution >= 0.6 is 22.9 Å². The van der Waals surface area contributed by atoms with E-state index in [1.807, 2.05) is 13.0 Å². The van der Waals surface area contributed by atoms with E-state index >= 15 is 4.39 Å². The van der Waals surface area contributed by atoms with Crippen LogP contribution in [0.3, 0.4) is 0 Å². The second kappa shape index (κ2) is 12.6. The SMILES string of the molecule is C[C@H](c1cncnc1N)N(C)c1nc(OC[C@@H]2CC[C@@H]3CO[C@@H](C)CN32)nc2c(F)c(-c3ccc(F)c4sc(N)c(C#N)c34)c(Cl)cc12.